The van der Waals surface area contributed by atoms with Gasteiger partial charge in [-0.3, -0.25) is 19.7 Å². The van der Waals surface area contributed by atoms with E-state index in [9.17, 15) is 14.4 Å². The third-order valence-electron chi connectivity index (χ3n) is 5.32. The number of hydrogen-bond donors (Lipinski definition) is 1. The normalized spacial score (nSPS) is 10.8. The molecule has 12 heteroatoms. The Hall–Kier alpha value is -2.19. The molecule has 0 saturated heterocycles. The summed E-state index contributed by atoms with van der Waals surface area (Å²) < 4.78 is 38.1. The van der Waals surface area contributed by atoms with E-state index in [4.69, 9.17) is 18.9 Å². The maximum absolute atomic E-state index is 15.1. The Kier molecular flexibility index (Phi) is 14.6. The fraction of sp³-hybridized carbons (Fsp3) is 0.393. The van der Waals surface area contributed by atoms with Gasteiger partial charge in [0.25, 0.3) is 0 Å². The van der Waals surface area contributed by atoms with Crippen molar-refractivity contribution in [3.63, 3.8) is 0 Å². The first-order valence-corrected chi connectivity index (χ1v) is 12.2. The number of esters is 2. The number of ether oxygens (including phenoxy) is 4. The van der Waals surface area contributed by atoms with E-state index in [2.05, 4.69) is 5.32 Å². The predicted octanol–water partition coefficient (Wildman–Crippen LogP) is -1.95. The summed E-state index contributed by atoms with van der Waals surface area (Å²) in [5, 5.41) is 2.51. The van der Waals surface area contributed by atoms with Gasteiger partial charge in [0.1, 0.15) is 28.4 Å². The van der Waals surface area contributed by atoms with Gasteiger partial charge < -0.3 is 47.5 Å². The molecule has 1 aromatic heterocycles. The first-order chi connectivity index (χ1) is 18.0. The van der Waals surface area contributed by atoms with Crippen LogP contribution in [0.2, 0.25) is 0 Å². The molecule has 40 heavy (non-hydrogen) atoms. The molecule has 0 saturated carbocycles. The van der Waals surface area contributed by atoms with Gasteiger partial charge in [-0.25, -0.2) is 4.39 Å². The SMILES string of the molecule is CCCOc1ccc(F)c2c(=O)c(-c3ccc(OC)cc3)cn(COC(=O)CNCC(=O)OC(C)(C)C)c12.[I-].[Na+]. The number of fused-ring (bicyclic) bond motifs is 1. The number of carbonyl (C=O) groups is 2. The number of pyridine rings is 1. The predicted molar refractivity (Wildman–Crippen MR) is 141 cm³/mol. The fourth-order valence-electron chi connectivity index (χ4n) is 3.71. The summed E-state index contributed by atoms with van der Waals surface area (Å²) in [5.41, 5.74) is -0.234. The summed E-state index contributed by atoms with van der Waals surface area (Å²) in [6.07, 6.45) is 2.21. The molecular formula is C28H33FIN2NaO7. The Bertz CT molecular complexity index is 1360. The maximum Gasteiger partial charge on any atom is 1.00 e. The zero-order chi connectivity index (χ0) is 27.9. The van der Waals surface area contributed by atoms with Crippen LogP contribution >= 0.6 is 0 Å². The minimum Gasteiger partial charge on any atom is -1.00 e. The van der Waals surface area contributed by atoms with E-state index in [-0.39, 0.29) is 89.8 Å². The van der Waals surface area contributed by atoms with Gasteiger partial charge in [-0.2, -0.15) is 0 Å². The number of methoxy groups -OCH3 is 1. The molecule has 2 aromatic carbocycles. The largest absolute Gasteiger partial charge is 1.00 e. The van der Waals surface area contributed by atoms with Gasteiger partial charge in [0.2, 0.25) is 0 Å². The summed E-state index contributed by atoms with van der Waals surface area (Å²) in [6.45, 7) is 6.76. The molecule has 212 valence electrons. The number of benzene rings is 2. The Morgan fingerprint density at radius 2 is 1.68 bits per heavy atom. The van der Waals surface area contributed by atoms with Crippen LogP contribution in [0.3, 0.4) is 0 Å². The van der Waals surface area contributed by atoms with E-state index >= 15 is 4.39 Å². The molecule has 0 radical (unpaired) electrons. The number of nitrogens with zero attached hydrogens (tertiary/aromatic N) is 1. The van der Waals surface area contributed by atoms with E-state index in [0.29, 0.717) is 30.1 Å². The molecule has 3 rings (SSSR count). The molecule has 0 bridgehead atoms. The average Bonchev–Trinajstić information content (AvgIpc) is 2.86. The molecule has 0 fully saturated rings. The molecule has 1 heterocycles. The number of halogens is 2. The van der Waals surface area contributed by atoms with E-state index in [0.717, 1.165) is 0 Å². The van der Waals surface area contributed by atoms with Crippen molar-refractivity contribution in [3.05, 3.63) is 58.6 Å². The van der Waals surface area contributed by atoms with Crippen LogP contribution < -0.4 is 73.8 Å². The van der Waals surface area contributed by atoms with Crippen molar-refractivity contribution in [1.82, 2.24) is 9.88 Å². The maximum atomic E-state index is 15.1. The zero-order valence-corrected chi connectivity index (χ0v) is 27.8. The third kappa shape index (κ3) is 9.72. The smallest absolute Gasteiger partial charge is 1.00 e. The van der Waals surface area contributed by atoms with Crippen molar-refractivity contribution < 1.29 is 86.5 Å². The molecule has 0 aliphatic heterocycles. The monoisotopic (exact) mass is 678 g/mol. The summed E-state index contributed by atoms with van der Waals surface area (Å²) in [4.78, 5) is 37.7. The zero-order valence-electron chi connectivity index (χ0n) is 23.6. The number of rotatable bonds is 11. The first-order valence-electron chi connectivity index (χ1n) is 12.2. The van der Waals surface area contributed by atoms with Crippen LogP contribution in [0.4, 0.5) is 4.39 Å². The summed E-state index contributed by atoms with van der Waals surface area (Å²) in [5.74, 6) is -0.985. The quantitative estimate of drug-likeness (QED) is 0.142. The topological polar surface area (TPSA) is 105 Å². The number of aromatic nitrogens is 1. The van der Waals surface area contributed by atoms with Gasteiger partial charge in [-0.1, -0.05) is 19.1 Å². The second-order valence-electron chi connectivity index (χ2n) is 9.52. The van der Waals surface area contributed by atoms with Gasteiger partial charge in [0.15, 0.2) is 12.2 Å². The summed E-state index contributed by atoms with van der Waals surface area (Å²) in [6, 6.07) is 9.39. The van der Waals surface area contributed by atoms with Crippen LogP contribution in [0, 0.1) is 5.82 Å². The molecule has 1 N–H and O–H groups in total. The molecule has 0 unspecified atom stereocenters. The Balaban J connectivity index is 0.00000400. The van der Waals surface area contributed by atoms with Gasteiger partial charge >= 0.3 is 41.5 Å². The van der Waals surface area contributed by atoms with Crippen LogP contribution in [0.25, 0.3) is 22.0 Å². The van der Waals surface area contributed by atoms with Crippen molar-refractivity contribution in [2.45, 2.75) is 46.4 Å². The molecule has 0 aliphatic rings. The van der Waals surface area contributed by atoms with E-state index in [1.54, 1.807) is 45.0 Å². The van der Waals surface area contributed by atoms with Crippen LogP contribution in [-0.2, 0) is 25.8 Å². The fourth-order valence-corrected chi connectivity index (χ4v) is 3.71. The average molecular weight is 678 g/mol. The molecule has 0 amide bonds. The van der Waals surface area contributed by atoms with Gasteiger partial charge in [0, 0.05) is 11.8 Å². The van der Waals surface area contributed by atoms with Crippen LogP contribution in [0.1, 0.15) is 34.1 Å². The van der Waals surface area contributed by atoms with Crippen molar-refractivity contribution in [2.75, 3.05) is 26.8 Å². The van der Waals surface area contributed by atoms with E-state index in [1.165, 1.54) is 30.0 Å². The number of nitrogens with one attached hydrogen (secondary N) is 1. The molecule has 0 atom stereocenters. The van der Waals surface area contributed by atoms with Gasteiger partial charge in [-0.15, -0.1) is 0 Å². The third-order valence-corrected chi connectivity index (χ3v) is 5.32. The molecule has 0 aliphatic carbocycles. The van der Waals surface area contributed by atoms with Gasteiger partial charge in [-0.05, 0) is 57.0 Å². The van der Waals surface area contributed by atoms with E-state index < -0.39 is 28.8 Å². The number of hydrogen-bond acceptors (Lipinski definition) is 8. The Labute approximate surface area is 272 Å². The minimum absolute atomic E-state index is 0. The summed E-state index contributed by atoms with van der Waals surface area (Å²) in [7, 11) is 1.53. The number of carbonyl (C=O) groups excluding carboxylic acids is 2. The van der Waals surface area contributed by atoms with Crippen molar-refractivity contribution in [3.8, 4) is 22.6 Å². The second kappa shape index (κ2) is 16.3. The second-order valence-corrected chi connectivity index (χ2v) is 9.52. The van der Waals surface area contributed by atoms with Crippen LogP contribution in [0.5, 0.6) is 11.5 Å². The first kappa shape index (κ1) is 35.8. The van der Waals surface area contributed by atoms with Crippen molar-refractivity contribution >= 4 is 22.8 Å². The van der Waals surface area contributed by atoms with Crippen LogP contribution in [-0.4, -0.2) is 48.9 Å². The minimum atomic E-state index is -0.719. The molecule has 0 spiro atoms. The molecular weight excluding hydrogens is 645 g/mol. The van der Waals surface area contributed by atoms with Crippen LogP contribution in [0.15, 0.2) is 47.4 Å². The standard InChI is InChI=1S/C28H33FN2O7.HI.Na/c1-6-13-36-22-12-11-21(29)25-26(22)31(16-20(27(25)34)18-7-9-19(35-5)10-8-18)17-37-23(32)14-30-15-24(33)38-28(2,3)4;;/h7-12,16,30H,6,13-15,17H2,1-5H3;1H;/q;;+1/p-1. The molecule has 9 nitrogen and oxygen atoms in total. The van der Waals surface area contributed by atoms with Crippen molar-refractivity contribution in [2.24, 2.45) is 0 Å². The van der Waals surface area contributed by atoms with Crippen molar-refractivity contribution in [1.29, 1.82) is 0 Å². The Morgan fingerprint density at radius 3 is 2.27 bits per heavy atom. The molecule has 3 aromatic rings. The van der Waals surface area contributed by atoms with E-state index in [1.807, 2.05) is 6.92 Å². The Morgan fingerprint density at radius 1 is 1.02 bits per heavy atom. The summed E-state index contributed by atoms with van der Waals surface area (Å²) >= 11 is 0. The van der Waals surface area contributed by atoms with Gasteiger partial charge in [0.05, 0.1) is 32.2 Å².